The van der Waals surface area contributed by atoms with Crippen LogP contribution in [0.1, 0.15) is 24.0 Å². The summed E-state index contributed by atoms with van der Waals surface area (Å²) >= 11 is 0. The fourth-order valence-corrected chi connectivity index (χ4v) is 2.99. The maximum Gasteiger partial charge on any atom is 0.122 e. The van der Waals surface area contributed by atoms with Crippen LogP contribution < -0.4 is 4.74 Å². The van der Waals surface area contributed by atoms with E-state index in [0.717, 1.165) is 37.0 Å². The van der Waals surface area contributed by atoms with Crippen molar-refractivity contribution in [1.82, 2.24) is 0 Å². The Kier molecular flexibility index (Phi) is 3.92. The van der Waals surface area contributed by atoms with Crippen molar-refractivity contribution in [2.45, 2.75) is 25.7 Å². The number of para-hydroxylation sites is 1. The van der Waals surface area contributed by atoms with Crippen molar-refractivity contribution in [3.05, 3.63) is 65.7 Å². The standard InChI is InChI=1S/C19H19NO/c20-14-19(12-6-9-16-7-2-1-3-8-16)13-17-10-4-5-11-18(17)21-15-19/h1-5,7-8,10-11H,6,9,12-13,15H2. The average molecular weight is 277 g/mol. The highest BCUT2D eigenvalue weighted by Crippen LogP contribution is 2.37. The molecule has 0 aliphatic carbocycles. The Labute approximate surface area is 126 Å². The van der Waals surface area contributed by atoms with E-state index >= 15 is 0 Å². The quantitative estimate of drug-likeness (QED) is 0.841. The Morgan fingerprint density at radius 1 is 1.05 bits per heavy atom. The molecule has 1 aliphatic heterocycles. The Morgan fingerprint density at radius 3 is 2.62 bits per heavy atom. The number of ether oxygens (including phenoxy) is 1. The minimum Gasteiger partial charge on any atom is -0.492 e. The summed E-state index contributed by atoms with van der Waals surface area (Å²) in [6.45, 7) is 0.509. The molecule has 0 spiro atoms. The lowest BCUT2D eigenvalue weighted by atomic mass is 9.77. The molecular weight excluding hydrogens is 258 g/mol. The SMILES string of the molecule is N#CC1(CCCc2ccccc2)COc2ccccc2C1. The fourth-order valence-electron chi connectivity index (χ4n) is 2.99. The molecular formula is C19H19NO. The molecule has 2 aromatic rings. The van der Waals surface area contributed by atoms with Crippen LogP contribution in [-0.4, -0.2) is 6.61 Å². The van der Waals surface area contributed by atoms with Gasteiger partial charge in [-0.25, -0.2) is 0 Å². The third kappa shape index (κ3) is 3.08. The van der Waals surface area contributed by atoms with Crippen LogP contribution in [-0.2, 0) is 12.8 Å². The molecule has 0 saturated carbocycles. The van der Waals surface area contributed by atoms with Crippen LogP contribution in [0.25, 0.3) is 0 Å². The normalized spacial score (nSPS) is 20.1. The van der Waals surface area contributed by atoms with Crippen molar-refractivity contribution in [2.24, 2.45) is 5.41 Å². The largest absolute Gasteiger partial charge is 0.492 e. The number of nitrogens with zero attached hydrogens (tertiary/aromatic N) is 1. The molecule has 0 amide bonds. The van der Waals surface area contributed by atoms with Crippen LogP contribution in [0.2, 0.25) is 0 Å². The van der Waals surface area contributed by atoms with Gasteiger partial charge in [0.05, 0.1) is 11.5 Å². The molecule has 0 aromatic heterocycles. The molecule has 1 unspecified atom stereocenters. The molecule has 106 valence electrons. The van der Waals surface area contributed by atoms with Crippen molar-refractivity contribution in [2.75, 3.05) is 6.61 Å². The second-order valence-corrected chi connectivity index (χ2v) is 5.80. The van der Waals surface area contributed by atoms with Crippen LogP contribution in [0.4, 0.5) is 0 Å². The van der Waals surface area contributed by atoms with E-state index in [1.54, 1.807) is 0 Å². The zero-order valence-electron chi connectivity index (χ0n) is 12.1. The average Bonchev–Trinajstić information content (AvgIpc) is 2.56. The predicted molar refractivity (Wildman–Crippen MR) is 83.1 cm³/mol. The van der Waals surface area contributed by atoms with E-state index in [1.165, 1.54) is 5.56 Å². The molecule has 0 radical (unpaired) electrons. The Hall–Kier alpha value is -2.27. The van der Waals surface area contributed by atoms with Gasteiger partial charge in [0.2, 0.25) is 0 Å². The summed E-state index contributed by atoms with van der Waals surface area (Å²) < 4.78 is 5.81. The topological polar surface area (TPSA) is 33.0 Å². The second kappa shape index (κ2) is 6.01. The molecule has 2 heteroatoms. The fraction of sp³-hybridized carbons (Fsp3) is 0.316. The van der Waals surface area contributed by atoms with Crippen LogP contribution in [0.3, 0.4) is 0 Å². The number of benzene rings is 2. The third-order valence-electron chi connectivity index (χ3n) is 4.21. The van der Waals surface area contributed by atoms with E-state index in [0.29, 0.717) is 6.61 Å². The van der Waals surface area contributed by atoms with Gasteiger partial charge in [-0.3, -0.25) is 0 Å². The molecule has 1 aliphatic rings. The zero-order chi connectivity index (χ0) is 14.5. The second-order valence-electron chi connectivity index (χ2n) is 5.80. The maximum absolute atomic E-state index is 9.63. The van der Waals surface area contributed by atoms with Crippen LogP contribution >= 0.6 is 0 Å². The van der Waals surface area contributed by atoms with E-state index in [-0.39, 0.29) is 5.41 Å². The van der Waals surface area contributed by atoms with Gasteiger partial charge in [-0.1, -0.05) is 48.5 Å². The van der Waals surface area contributed by atoms with Crippen molar-refractivity contribution < 1.29 is 4.74 Å². The lowest BCUT2D eigenvalue weighted by Crippen LogP contribution is -2.33. The predicted octanol–water partition coefficient (Wildman–Crippen LogP) is 4.15. The third-order valence-corrected chi connectivity index (χ3v) is 4.21. The number of aryl methyl sites for hydroxylation is 1. The number of hydrogen-bond donors (Lipinski definition) is 0. The number of hydrogen-bond acceptors (Lipinski definition) is 2. The van der Waals surface area contributed by atoms with Gasteiger partial charge in [-0.05, 0) is 42.9 Å². The molecule has 3 rings (SSSR count). The van der Waals surface area contributed by atoms with Crippen LogP contribution in [0.15, 0.2) is 54.6 Å². The highest BCUT2D eigenvalue weighted by molar-refractivity contribution is 5.37. The van der Waals surface area contributed by atoms with Gasteiger partial charge >= 0.3 is 0 Å². The number of fused-ring (bicyclic) bond motifs is 1. The minimum absolute atomic E-state index is 0.372. The summed E-state index contributed by atoms with van der Waals surface area (Å²) in [6, 6.07) is 21.0. The van der Waals surface area contributed by atoms with Crippen LogP contribution in [0, 0.1) is 16.7 Å². The molecule has 2 aromatic carbocycles. The van der Waals surface area contributed by atoms with E-state index in [4.69, 9.17) is 4.74 Å². The Balaban J connectivity index is 1.65. The van der Waals surface area contributed by atoms with Gasteiger partial charge in [0.25, 0.3) is 0 Å². The molecule has 21 heavy (non-hydrogen) atoms. The van der Waals surface area contributed by atoms with E-state index < -0.39 is 0 Å². The summed E-state index contributed by atoms with van der Waals surface area (Å²) in [5.74, 6) is 0.937. The first-order valence-corrected chi connectivity index (χ1v) is 7.47. The monoisotopic (exact) mass is 277 g/mol. The van der Waals surface area contributed by atoms with Crippen LogP contribution in [0.5, 0.6) is 5.75 Å². The minimum atomic E-state index is -0.372. The molecule has 0 bridgehead atoms. The first-order valence-electron chi connectivity index (χ1n) is 7.47. The highest BCUT2D eigenvalue weighted by atomic mass is 16.5. The van der Waals surface area contributed by atoms with E-state index in [9.17, 15) is 5.26 Å². The highest BCUT2D eigenvalue weighted by Gasteiger charge is 2.35. The van der Waals surface area contributed by atoms with E-state index in [2.05, 4.69) is 36.4 Å². The summed E-state index contributed by atoms with van der Waals surface area (Å²) in [5.41, 5.74) is 2.12. The number of rotatable bonds is 4. The molecule has 0 N–H and O–H groups in total. The van der Waals surface area contributed by atoms with Crippen molar-refractivity contribution in [1.29, 1.82) is 5.26 Å². The van der Waals surface area contributed by atoms with Gasteiger partial charge in [-0.15, -0.1) is 0 Å². The van der Waals surface area contributed by atoms with Crippen molar-refractivity contribution in [3.8, 4) is 11.8 Å². The van der Waals surface area contributed by atoms with Gasteiger partial charge in [0.15, 0.2) is 0 Å². The van der Waals surface area contributed by atoms with Gasteiger partial charge in [-0.2, -0.15) is 5.26 Å². The molecule has 1 heterocycles. The summed E-state index contributed by atoms with van der Waals surface area (Å²) in [4.78, 5) is 0. The number of nitriles is 1. The first-order chi connectivity index (χ1) is 10.3. The molecule has 1 atom stereocenters. The lowest BCUT2D eigenvalue weighted by molar-refractivity contribution is 0.158. The summed E-state index contributed by atoms with van der Waals surface area (Å²) in [7, 11) is 0. The summed E-state index contributed by atoms with van der Waals surface area (Å²) in [5, 5.41) is 9.63. The first kappa shape index (κ1) is 13.7. The smallest absolute Gasteiger partial charge is 0.122 e. The van der Waals surface area contributed by atoms with Crippen molar-refractivity contribution >= 4 is 0 Å². The lowest BCUT2D eigenvalue weighted by Gasteiger charge is -2.32. The maximum atomic E-state index is 9.63. The molecule has 0 saturated heterocycles. The zero-order valence-corrected chi connectivity index (χ0v) is 12.1. The molecule has 0 fully saturated rings. The van der Waals surface area contributed by atoms with Gasteiger partial charge < -0.3 is 4.74 Å². The Morgan fingerprint density at radius 2 is 1.81 bits per heavy atom. The van der Waals surface area contributed by atoms with Gasteiger partial charge in [0.1, 0.15) is 12.4 Å². The Bertz CT molecular complexity index is 644. The van der Waals surface area contributed by atoms with Gasteiger partial charge in [0, 0.05) is 0 Å². The summed E-state index contributed by atoms with van der Waals surface area (Å²) in [6.07, 6.45) is 3.72. The van der Waals surface area contributed by atoms with E-state index in [1.807, 2.05) is 24.3 Å². The van der Waals surface area contributed by atoms with Crippen molar-refractivity contribution in [3.63, 3.8) is 0 Å². The molecule has 2 nitrogen and oxygen atoms in total.